The first-order valence-electron chi connectivity index (χ1n) is 26.2. The molecule has 0 fully saturated rings. The maximum Gasteiger partial charge on any atom is 0.330 e. The third-order valence-corrected chi connectivity index (χ3v) is 16.5. The number of aromatic nitrogens is 1. The van der Waals surface area contributed by atoms with E-state index in [2.05, 4.69) is 31.6 Å². The van der Waals surface area contributed by atoms with E-state index >= 15 is 19.2 Å². The van der Waals surface area contributed by atoms with Gasteiger partial charge in [-0.2, -0.15) is 0 Å². The SMILES string of the molecule is CN1C(=O)[C@@H](c2cc(Cl)c(O)c(Cl)c2)NC(=O)[C@@H]2NC(=O)[C@H](c3cc(Cl)c(O)c(Cl)c3)NC(=O)[C@H](NC(=O)C(=O)c3cc(Cl)c(O)c(Cl)c3)Cc3c[nH]c4cc(ccc34)-c3cc2cc(c3O)Oc2ccc(cc2)C[C@H]1C(=O)N[C@@H](C(=O)O)c1ccccc1. The molecule has 27 heteroatoms. The Morgan fingerprint density at radius 2 is 1.15 bits per heavy atom. The second kappa shape index (κ2) is 25.2. The lowest BCUT2D eigenvalue weighted by atomic mass is 9.94. The average molecular weight is 1310 g/mol. The average Bonchev–Trinajstić information content (AvgIpc) is 1.90. The minimum atomic E-state index is -2.05. The molecule has 9 bridgehead atoms. The summed E-state index contributed by atoms with van der Waals surface area (Å²) in [4.78, 5) is 121. The van der Waals surface area contributed by atoms with Gasteiger partial charge in [0.25, 0.3) is 5.91 Å². The highest BCUT2D eigenvalue weighted by Crippen LogP contribution is 2.44. The Morgan fingerprint density at radius 3 is 1.73 bits per heavy atom. The molecule has 88 heavy (non-hydrogen) atoms. The van der Waals surface area contributed by atoms with Crippen molar-refractivity contribution in [3.8, 4) is 45.6 Å². The van der Waals surface area contributed by atoms with E-state index in [-0.39, 0.29) is 73.3 Å². The lowest BCUT2D eigenvalue weighted by Gasteiger charge is -2.33. The summed E-state index contributed by atoms with van der Waals surface area (Å²) in [6.07, 6.45) is 0.838. The number of rotatable bonds is 9. The molecule has 11 N–H and O–H groups in total. The summed E-state index contributed by atoms with van der Waals surface area (Å²) in [6, 6.07) is 16.6. The number of carbonyl (C=O) groups excluding carboxylic acids is 7. The number of phenols is 4. The molecule has 5 heterocycles. The summed E-state index contributed by atoms with van der Waals surface area (Å²) in [5.41, 5.74) is 0.730. The van der Waals surface area contributed by atoms with Gasteiger partial charge in [-0.1, -0.05) is 124 Å². The zero-order valence-corrected chi connectivity index (χ0v) is 49.7. The molecule has 1 aromatic heterocycles. The number of ketones is 1. The van der Waals surface area contributed by atoms with Gasteiger partial charge in [0.2, 0.25) is 35.3 Å². The van der Waals surface area contributed by atoms with Crippen molar-refractivity contribution in [1.29, 1.82) is 0 Å². The molecular formula is C61H45Cl6N7O14. The summed E-state index contributed by atoms with van der Waals surface area (Å²) in [7, 11) is 1.22. The van der Waals surface area contributed by atoms with Crippen LogP contribution in [0, 0.1) is 0 Å². The minimum absolute atomic E-state index is 0.0101. The number of benzene rings is 7. The van der Waals surface area contributed by atoms with E-state index in [1.54, 1.807) is 48.5 Å². The number of phenolic OH excluding ortho intramolecular Hbond substituents is 4. The Labute approximate surface area is 528 Å². The third-order valence-electron chi connectivity index (χ3n) is 14.8. The van der Waals surface area contributed by atoms with Crippen LogP contribution < -0.4 is 31.3 Å². The Kier molecular flexibility index (Phi) is 17.7. The highest BCUT2D eigenvalue weighted by molar-refractivity contribution is 6.45. The zero-order chi connectivity index (χ0) is 63.2. The molecule has 0 saturated heterocycles. The third kappa shape index (κ3) is 12.6. The maximum atomic E-state index is 15.8. The highest BCUT2D eigenvalue weighted by atomic mass is 35.5. The summed E-state index contributed by atoms with van der Waals surface area (Å²) in [6.45, 7) is 0. The lowest BCUT2D eigenvalue weighted by molar-refractivity contribution is -0.145. The van der Waals surface area contributed by atoms with Gasteiger partial charge in [-0.25, -0.2) is 4.79 Å². The number of amides is 6. The Hall–Kier alpha value is -9.22. The molecule has 0 unspecified atom stereocenters. The fraction of sp³-hybridized carbons (Fsp3) is 0.148. The molecule has 7 aromatic carbocycles. The van der Waals surface area contributed by atoms with Crippen LogP contribution >= 0.6 is 69.6 Å². The molecule has 12 rings (SSSR count). The lowest BCUT2D eigenvalue weighted by Crippen LogP contribution is -2.55. The van der Waals surface area contributed by atoms with Crippen molar-refractivity contribution in [2.75, 3.05) is 7.05 Å². The summed E-state index contributed by atoms with van der Waals surface area (Å²) in [5, 5.41) is 65.2. The largest absolute Gasteiger partial charge is 0.505 e. The molecule has 21 nitrogen and oxygen atoms in total. The van der Waals surface area contributed by atoms with E-state index in [1.807, 2.05) is 0 Å². The number of carboxylic acid groups (broad SMARTS) is 1. The van der Waals surface area contributed by atoms with Gasteiger partial charge in [-0.05, 0) is 106 Å². The number of Topliss-reactive ketones (excluding diaryl/α,β-unsaturated/α-hetero) is 1. The monoisotopic (exact) mass is 1310 g/mol. The summed E-state index contributed by atoms with van der Waals surface area (Å²) in [5.74, 6) is -12.2. The Balaban J connectivity index is 1.15. The van der Waals surface area contributed by atoms with E-state index in [1.165, 1.54) is 49.6 Å². The predicted octanol–water partition coefficient (Wildman–Crippen LogP) is 9.49. The van der Waals surface area contributed by atoms with Crippen molar-refractivity contribution in [2.24, 2.45) is 0 Å². The van der Waals surface area contributed by atoms with Crippen LogP contribution in [-0.2, 0) is 46.4 Å². The minimum Gasteiger partial charge on any atom is -0.505 e. The molecular weight excluding hydrogens is 1270 g/mol. The number of ether oxygens (including phenoxy) is 1. The van der Waals surface area contributed by atoms with Gasteiger partial charge in [-0.3, -0.25) is 33.6 Å². The smallest absolute Gasteiger partial charge is 0.330 e. The number of nitrogens with one attached hydrogen (secondary N) is 6. The number of carbonyl (C=O) groups is 8. The number of carboxylic acids is 1. The number of aliphatic carboxylic acids is 1. The number of likely N-dealkylation sites (N-methyl/N-ethyl adjacent to an activating group) is 1. The summed E-state index contributed by atoms with van der Waals surface area (Å²) < 4.78 is 6.38. The molecule has 0 saturated carbocycles. The van der Waals surface area contributed by atoms with Crippen LogP contribution in [0.15, 0.2) is 128 Å². The van der Waals surface area contributed by atoms with Gasteiger partial charge in [0.1, 0.15) is 36.0 Å². The Morgan fingerprint density at radius 1 is 0.614 bits per heavy atom. The fourth-order valence-corrected chi connectivity index (χ4v) is 11.7. The van der Waals surface area contributed by atoms with Gasteiger partial charge in [0, 0.05) is 48.1 Å². The quantitative estimate of drug-likeness (QED) is 0.0474. The molecule has 6 atom stereocenters. The van der Waals surface area contributed by atoms with E-state index < -0.39 is 127 Å². The van der Waals surface area contributed by atoms with Crippen LogP contribution in [0.4, 0.5) is 0 Å². The van der Waals surface area contributed by atoms with Gasteiger partial charge in [-0.15, -0.1) is 0 Å². The Bertz CT molecular complexity index is 4160. The van der Waals surface area contributed by atoms with Crippen LogP contribution in [0.1, 0.15) is 67.9 Å². The second-order valence-corrected chi connectivity index (χ2v) is 22.9. The van der Waals surface area contributed by atoms with Crippen molar-refractivity contribution in [1.82, 2.24) is 36.5 Å². The van der Waals surface area contributed by atoms with Gasteiger partial charge < -0.3 is 66.7 Å². The highest BCUT2D eigenvalue weighted by Gasteiger charge is 2.40. The molecule has 0 aliphatic carbocycles. The standard InChI is InChI=1S/C61H45Cl6N7O14/c1-74-44(56(81)73-49(61(86)87)26-5-3-2-4-6-26)13-25-7-10-33(11-8-25)88-45-23-28-14-35(51(45)76)27-9-12-34-32(24-68-42(34)21-27)22-43(69-59(84)50(75)31-19-40(66)54(79)41(67)20-31)55(80)70-47(29-15-36(62)52(77)37(63)16-29)57(82)71-46(28)58(83)72-48(60(74)85)30-17-38(64)53(78)39(65)18-30/h2-12,14-21,23-24,43-44,46-49,68,76-79H,13,22H2,1H3,(H,69,84)(H,70,80)(H,71,82)(H,72,83)(H,73,81)(H,86,87)/t43-,44+,46-,47+,48-,49-/m1/s1. The fourth-order valence-electron chi connectivity index (χ4n) is 10.2. The first-order valence-corrected chi connectivity index (χ1v) is 28.5. The number of hydrogen-bond donors (Lipinski definition) is 11. The van der Waals surface area contributed by atoms with E-state index in [0.717, 1.165) is 41.3 Å². The number of hydrogen-bond acceptors (Lipinski definition) is 13. The number of fused-ring (bicyclic) bond motifs is 15. The van der Waals surface area contributed by atoms with Crippen LogP contribution in [0.3, 0.4) is 0 Å². The van der Waals surface area contributed by atoms with Crippen LogP contribution in [0.5, 0.6) is 34.5 Å². The number of halogens is 6. The molecule has 4 aliphatic heterocycles. The molecule has 6 amide bonds. The molecule has 450 valence electrons. The van der Waals surface area contributed by atoms with E-state index in [9.17, 15) is 44.7 Å². The van der Waals surface area contributed by atoms with Crippen molar-refractivity contribution in [2.45, 2.75) is 49.1 Å². The van der Waals surface area contributed by atoms with Crippen molar-refractivity contribution in [3.05, 3.63) is 197 Å². The van der Waals surface area contributed by atoms with Gasteiger partial charge in [0.15, 0.2) is 34.8 Å². The molecule has 0 spiro atoms. The molecule has 0 radical (unpaired) electrons. The summed E-state index contributed by atoms with van der Waals surface area (Å²) >= 11 is 38.1. The van der Waals surface area contributed by atoms with Crippen LogP contribution in [-0.4, -0.2) is 102 Å². The molecule has 8 aromatic rings. The number of aromatic hydroxyl groups is 4. The predicted molar refractivity (Wildman–Crippen MR) is 324 cm³/mol. The first-order chi connectivity index (χ1) is 41.8. The van der Waals surface area contributed by atoms with Gasteiger partial charge >= 0.3 is 5.97 Å². The zero-order valence-electron chi connectivity index (χ0n) is 45.1. The second-order valence-electron chi connectivity index (χ2n) is 20.4. The van der Waals surface area contributed by atoms with Crippen molar-refractivity contribution >= 4 is 128 Å². The number of H-pyrrole nitrogens is 1. The van der Waals surface area contributed by atoms with Crippen molar-refractivity contribution in [3.63, 3.8) is 0 Å². The van der Waals surface area contributed by atoms with Crippen LogP contribution in [0.25, 0.3) is 22.0 Å². The number of nitrogens with zero attached hydrogens (tertiary/aromatic N) is 1. The van der Waals surface area contributed by atoms with Crippen LogP contribution in [0.2, 0.25) is 30.1 Å². The topological polar surface area (TPSA) is 326 Å². The van der Waals surface area contributed by atoms with E-state index in [4.69, 9.17) is 74.3 Å². The molecule has 4 aliphatic rings. The number of aromatic amines is 1. The van der Waals surface area contributed by atoms with E-state index in [0.29, 0.717) is 22.0 Å². The van der Waals surface area contributed by atoms with Gasteiger partial charge in [0.05, 0.1) is 30.1 Å². The maximum absolute atomic E-state index is 15.8. The first kappa shape index (κ1) is 61.9. The van der Waals surface area contributed by atoms with Crippen molar-refractivity contribution < 1.29 is 68.6 Å². The normalized spacial score (nSPS) is 18.3.